The summed E-state index contributed by atoms with van der Waals surface area (Å²) in [6, 6.07) is 12.1. The number of nitrogens with zero attached hydrogens (tertiary/aromatic N) is 3. The number of benzene rings is 1. The molecule has 2 heterocycles. The zero-order valence-corrected chi connectivity index (χ0v) is 14.4. The van der Waals surface area contributed by atoms with Crippen LogP contribution in [0, 0.1) is 0 Å². The van der Waals surface area contributed by atoms with Crippen LogP contribution in [0.1, 0.15) is 36.2 Å². The van der Waals surface area contributed by atoms with Crippen LogP contribution in [-0.4, -0.2) is 20.7 Å². The molecule has 0 saturated carbocycles. The average molecular weight is 340 g/mol. The first-order chi connectivity index (χ1) is 11.7. The van der Waals surface area contributed by atoms with Crippen molar-refractivity contribution in [1.29, 1.82) is 0 Å². The molecule has 3 rings (SSSR count). The standard InChI is InChI=1S/C18H20N4OS/c1-14(21-18(23)6-2-4-17-5-3-11-24-17)15-7-9-16(10-8-15)22-13-19-12-20-22/h3,5,7-14H,2,4,6H2,1H3,(H,21,23)/t14-/m1/s1. The molecule has 1 amide bonds. The number of thiophene rings is 1. The largest absolute Gasteiger partial charge is 0.350 e. The predicted octanol–water partition coefficient (Wildman–Crippen LogP) is 3.53. The van der Waals surface area contributed by atoms with E-state index < -0.39 is 0 Å². The summed E-state index contributed by atoms with van der Waals surface area (Å²) in [5.74, 6) is 0.0967. The molecule has 1 atom stereocenters. The number of nitrogens with one attached hydrogen (secondary N) is 1. The highest BCUT2D eigenvalue weighted by Gasteiger charge is 2.10. The lowest BCUT2D eigenvalue weighted by atomic mass is 10.1. The van der Waals surface area contributed by atoms with E-state index in [4.69, 9.17) is 0 Å². The lowest BCUT2D eigenvalue weighted by Gasteiger charge is -2.15. The molecule has 3 aromatic rings. The maximum atomic E-state index is 12.1. The van der Waals surface area contributed by atoms with E-state index in [2.05, 4.69) is 26.8 Å². The zero-order chi connectivity index (χ0) is 16.8. The molecule has 0 aliphatic heterocycles. The molecule has 24 heavy (non-hydrogen) atoms. The summed E-state index contributed by atoms with van der Waals surface area (Å²) in [6.07, 6.45) is 5.57. The highest BCUT2D eigenvalue weighted by molar-refractivity contribution is 7.09. The van der Waals surface area contributed by atoms with Crippen molar-refractivity contribution in [3.63, 3.8) is 0 Å². The summed E-state index contributed by atoms with van der Waals surface area (Å²) < 4.78 is 1.71. The Balaban J connectivity index is 1.48. The van der Waals surface area contributed by atoms with Gasteiger partial charge in [-0.05, 0) is 48.9 Å². The highest BCUT2D eigenvalue weighted by atomic mass is 32.1. The van der Waals surface area contributed by atoms with Gasteiger partial charge >= 0.3 is 0 Å². The monoisotopic (exact) mass is 340 g/mol. The van der Waals surface area contributed by atoms with Gasteiger partial charge in [0.1, 0.15) is 12.7 Å². The Bertz CT molecular complexity index is 751. The van der Waals surface area contributed by atoms with Crippen LogP contribution in [0.15, 0.2) is 54.4 Å². The third kappa shape index (κ3) is 4.29. The van der Waals surface area contributed by atoms with Crippen LogP contribution in [0.5, 0.6) is 0 Å². The average Bonchev–Trinajstić information content (AvgIpc) is 3.29. The Morgan fingerprint density at radius 1 is 1.29 bits per heavy atom. The molecule has 5 nitrogen and oxygen atoms in total. The van der Waals surface area contributed by atoms with Gasteiger partial charge in [0.15, 0.2) is 0 Å². The van der Waals surface area contributed by atoms with Crippen molar-refractivity contribution in [2.24, 2.45) is 0 Å². The van der Waals surface area contributed by atoms with Crippen molar-refractivity contribution in [3.05, 3.63) is 64.9 Å². The Labute approximate surface area is 145 Å². The number of rotatable bonds is 7. The molecule has 0 aliphatic rings. The van der Waals surface area contributed by atoms with Crippen molar-refractivity contribution < 1.29 is 4.79 Å². The molecule has 1 aromatic carbocycles. The first-order valence-electron chi connectivity index (χ1n) is 7.99. The van der Waals surface area contributed by atoms with Crippen LogP contribution in [0.2, 0.25) is 0 Å². The minimum atomic E-state index is -0.0102. The van der Waals surface area contributed by atoms with Crippen LogP contribution in [0.4, 0.5) is 0 Å². The highest BCUT2D eigenvalue weighted by Crippen LogP contribution is 2.16. The van der Waals surface area contributed by atoms with Crippen LogP contribution in [0.25, 0.3) is 5.69 Å². The third-order valence-corrected chi connectivity index (χ3v) is 4.80. The topological polar surface area (TPSA) is 59.8 Å². The fraction of sp³-hybridized carbons (Fsp3) is 0.278. The maximum absolute atomic E-state index is 12.1. The number of carbonyl (C=O) groups is 1. The molecule has 0 fully saturated rings. The maximum Gasteiger partial charge on any atom is 0.220 e. The van der Waals surface area contributed by atoms with Crippen molar-refractivity contribution in [3.8, 4) is 5.69 Å². The van der Waals surface area contributed by atoms with Crippen molar-refractivity contribution >= 4 is 17.2 Å². The Kier molecular flexibility index (Phi) is 5.38. The van der Waals surface area contributed by atoms with Gasteiger partial charge in [-0.2, -0.15) is 5.10 Å². The van der Waals surface area contributed by atoms with E-state index in [-0.39, 0.29) is 11.9 Å². The summed E-state index contributed by atoms with van der Waals surface area (Å²) in [5, 5.41) is 9.23. The van der Waals surface area contributed by atoms with Gasteiger partial charge < -0.3 is 5.32 Å². The molecule has 0 unspecified atom stereocenters. The number of carbonyl (C=O) groups excluding carboxylic acids is 1. The first kappa shape index (κ1) is 16.4. The van der Waals surface area contributed by atoms with Gasteiger partial charge in [0.2, 0.25) is 5.91 Å². The van der Waals surface area contributed by atoms with Crippen molar-refractivity contribution in [2.75, 3.05) is 0 Å². The minimum Gasteiger partial charge on any atom is -0.350 e. The second-order valence-corrected chi connectivity index (χ2v) is 6.69. The van der Waals surface area contributed by atoms with Gasteiger partial charge in [-0.3, -0.25) is 4.79 Å². The van der Waals surface area contributed by atoms with Crippen LogP contribution in [-0.2, 0) is 11.2 Å². The summed E-state index contributed by atoms with van der Waals surface area (Å²) >= 11 is 1.74. The molecule has 1 N–H and O–H groups in total. The van der Waals surface area contributed by atoms with E-state index in [1.165, 1.54) is 11.2 Å². The van der Waals surface area contributed by atoms with Crippen LogP contribution in [0.3, 0.4) is 0 Å². The first-order valence-corrected chi connectivity index (χ1v) is 8.87. The van der Waals surface area contributed by atoms with Gasteiger partial charge in [-0.1, -0.05) is 18.2 Å². The van der Waals surface area contributed by atoms with Gasteiger partial charge in [-0.15, -0.1) is 11.3 Å². The Morgan fingerprint density at radius 3 is 2.79 bits per heavy atom. The molecular weight excluding hydrogens is 320 g/mol. The lowest BCUT2D eigenvalue weighted by Crippen LogP contribution is -2.26. The second kappa shape index (κ2) is 7.88. The summed E-state index contributed by atoms with van der Waals surface area (Å²) in [6.45, 7) is 2.00. The Hall–Kier alpha value is -2.47. The molecule has 0 bridgehead atoms. The number of aromatic nitrogens is 3. The van der Waals surface area contributed by atoms with Crippen molar-refractivity contribution in [2.45, 2.75) is 32.2 Å². The van der Waals surface area contributed by atoms with Crippen molar-refractivity contribution in [1.82, 2.24) is 20.1 Å². The Morgan fingerprint density at radius 2 is 2.12 bits per heavy atom. The van der Waals surface area contributed by atoms with Gasteiger partial charge in [0.05, 0.1) is 11.7 Å². The van der Waals surface area contributed by atoms with E-state index in [1.54, 1.807) is 22.3 Å². The quantitative estimate of drug-likeness (QED) is 0.716. The number of aryl methyl sites for hydroxylation is 1. The van der Waals surface area contributed by atoms with E-state index >= 15 is 0 Å². The fourth-order valence-corrected chi connectivity index (χ4v) is 3.28. The molecule has 0 radical (unpaired) electrons. The molecule has 0 spiro atoms. The lowest BCUT2D eigenvalue weighted by molar-refractivity contribution is -0.121. The molecule has 0 saturated heterocycles. The van der Waals surface area contributed by atoms with E-state index in [0.717, 1.165) is 24.1 Å². The van der Waals surface area contributed by atoms with Crippen LogP contribution >= 0.6 is 11.3 Å². The fourth-order valence-electron chi connectivity index (χ4n) is 2.53. The van der Waals surface area contributed by atoms with E-state index in [1.807, 2.05) is 37.3 Å². The molecule has 0 aliphatic carbocycles. The summed E-state index contributed by atoms with van der Waals surface area (Å²) in [5.41, 5.74) is 2.02. The normalized spacial score (nSPS) is 12.0. The van der Waals surface area contributed by atoms with Gasteiger partial charge in [-0.25, -0.2) is 9.67 Å². The third-order valence-electron chi connectivity index (χ3n) is 3.86. The second-order valence-electron chi connectivity index (χ2n) is 5.65. The predicted molar refractivity (Wildman–Crippen MR) is 95.2 cm³/mol. The minimum absolute atomic E-state index is 0.0102. The SMILES string of the molecule is C[C@@H](NC(=O)CCCc1cccs1)c1ccc(-n2cncn2)cc1. The van der Waals surface area contributed by atoms with E-state index in [0.29, 0.717) is 6.42 Å². The molecule has 2 aromatic heterocycles. The smallest absolute Gasteiger partial charge is 0.220 e. The van der Waals surface area contributed by atoms with Gasteiger partial charge in [0.25, 0.3) is 0 Å². The zero-order valence-electron chi connectivity index (χ0n) is 13.6. The molecule has 124 valence electrons. The van der Waals surface area contributed by atoms with E-state index in [9.17, 15) is 4.79 Å². The number of amides is 1. The summed E-state index contributed by atoms with van der Waals surface area (Å²) in [7, 11) is 0. The van der Waals surface area contributed by atoms with Crippen LogP contribution < -0.4 is 5.32 Å². The molecular formula is C18H20N4OS. The summed E-state index contributed by atoms with van der Waals surface area (Å²) in [4.78, 5) is 17.3. The number of hydrogen-bond acceptors (Lipinski definition) is 4. The van der Waals surface area contributed by atoms with Gasteiger partial charge in [0, 0.05) is 11.3 Å². The number of hydrogen-bond donors (Lipinski definition) is 1. The molecule has 6 heteroatoms.